The zero-order valence-corrected chi connectivity index (χ0v) is 11.5. The molecule has 0 bridgehead atoms. The maximum Gasteiger partial charge on any atom is 0.129 e. The molecule has 1 aromatic carbocycles. The number of hydrogen-bond acceptors (Lipinski definition) is 2. The summed E-state index contributed by atoms with van der Waals surface area (Å²) >= 11 is 0. The van der Waals surface area contributed by atoms with E-state index in [1.54, 1.807) is 6.92 Å². The van der Waals surface area contributed by atoms with Crippen LogP contribution in [0.4, 0.5) is 5.69 Å². The number of aryl methyl sites for hydroxylation is 2. The molecule has 2 nitrogen and oxygen atoms in total. The number of benzene rings is 1. The van der Waals surface area contributed by atoms with E-state index < -0.39 is 0 Å². The van der Waals surface area contributed by atoms with Crippen LogP contribution in [0.2, 0.25) is 0 Å². The maximum absolute atomic E-state index is 11.0. The van der Waals surface area contributed by atoms with E-state index in [-0.39, 0.29) is 0 Å². The Bertz CT molecular complexity index is 419. The predicted octanol–water partition coefficient (Wildman–Crippen LogP) is 3.51. The first-order valence-electron chi connectivity index (χ1n) is 7.01. The molecular weight excluding hydrogens is 222 g/mol. The summed E-state index contributed by atoms with van der Waals surface area (Å²) in [6.07, 6.45) is 5.31. The lowest BCUT2D eigenvalue weighted by Crippen LogP contribution is -2.19. The first-order valence-corrected chi connectivity index (χ1v) is 7.01. The standard InChI is InChI=1S/C16H23NO/c1-13-8-9-15(7-5-6-14(2)18)16(12-13)17-10-3-4-11-17/h8-9,12H,3-7,10-11H2,1-2H3. The topological polar surface area (TPSA) is 20.3 Å². The maximum atomic E-state index is 11.0. The van der Waals surface area contributed by atoms with Crippen molar-refractivity contribution in [1.82, 2.24) is 0 Å². The molecule has 0 saturated carbocycles. The molecule has 18 heavy (non-hydrogen) atoms. The Balaban J connectivity index is 2.10. The van der Waals surface area contributed by atoms with Crippen molar-refractivity contribution in [3.05, 3.63) is 29.3 Å². The minimum Gasteiger partial charge on any atom is -0.371 e. The van der Waals surface area contributed by atoms with Crippen molar-refractivity contribution in [1.29, 1.82) is 0 Å². The van der Waals surface area contributed by atoms with E-state index >= 15 is 0 Å². The molecule has 1 saturated heterocycles. The van der Waals surface area contributed by atoms with Crippen LogP contribution in [0.25, 0.3) is 0 Å². The Hall–Kier alpha value is -1.31. The Labute approximate surface area is 110 Å². The normalized spacial score (nSPS) is 15.1. The fourth-order valence-electron chi connectivity index (χ4n) is 2.67. The number of carbonyl (C=O) groups is 1. The van der Waals surface area contributed by atoms with Crippen LogP contribution in [0.3, 0.4) is 0 Å². The lowest BCUT2D eigenvalue weighted by molar-refractivity contribution is -0.117. The highest BCUT2D eigenvalue weighted by Crippen LogP contribution is 2.27. The minimum atomic E-state index is 0.296. The summed E-state index contributed by atoms with van der Waals surface area (Å²) in [5.41, 5.74) is 4.13. The molecule has 1 aliphatic rings. The Morgan fingerprint density at radius 1 is 1.28 bits per heavy atom. The van der Waals surface area contributed by atoms with E-state index in [4.69, 9.17) is 0 Å². The summed E-state index contributed by atoms with van der Waals surface area (Å²) in [4.78, 5) is 13.5. The van der Waals surface area contributed by atoms with E-state index in [0.29, 0.717) is 12.2 Å². The summed E-state index contributed by atoms with van der Waals surface area (Å²) in [6, 6.07) is 6.72. The molecule has 1 heterocycles. The van der Waals surface area contributed by atoms with Gasteiger partial charge in [-0.3, -0.25) is 0 Å². The third-order valence-electron chi connectivity index (χ3n) is 3.66. The van der Waals surface area contributed by atoms with Gasteiger partial charge in [-0.15, -0.1) is 0 Å². The van der Waals surface area contributed by atoms with Crippen molar-refractivity contribution in [3.63, 3.8) is 0 Å². The molecular formula is C16H23NO. The first-order chi connectivity index (χ1) is 8.66. The van der Waals surface area contributed by atoms with Crippen molar-refractivity contribution < 1.29 is 4.79 Å². The number of ketones is 1. The van der Waals surface area contributed by atoms with E-state index in [0.717, 1.165) is 12.8 Å². The van der Waals surface area contributed by atoms with Crippen LogP contribution in [0.5, 0.6) is 0 Å². The van der Waals surface area contributed by atoms with Gasteiger partial charge in [0.25, 0.3) is 0 Å². The van der Waals surface area contributed by atoms with Gasteiger partial charge in [0.15, 0.2) is 0 Å². The monoisotopic (exact) mass is 245 g/mol. The molecule has 0 unspecified atom stereocenters. The van der Waals surface area contributed by atoms with Gasteiger partial charge in [-0.1, -0.05) is 12.1 Å². The summed E-state index contributed by atoms with van der Waals surface area (Å²) < 4.78 is 0. The number of hydrogen-bond donors (Lipinski definition) is 0. The first kappa shape index (κ1) is 13.1. The second-order valence-electron chi connectivity index (χ2n) is 5.38. The van der Waals surface area contributed by atoms with Gasteiger partial charge < -0.3 is 9.69 Å². The molecule has 0 amide bonds. The van der Waals surface area contributed by atoms with Crippen molar-refractivity contribution >= 4 is 11.5 Å². The average molecular weight is 245 g/mol. The molecule has 2 heteroatoms. The zero-order chi connectivity index (χ0) is 13.0. The number of carbonyl (C=O) groups excluding carboxylic acids is 1. The molecule has 0 radical (unpaired) electrons. The number of rotatable bonds is 5. The van der Waals surface area contributed by atoms with Crippen molar-refractivity contribution in [2.24, 2.45) is 0 Å². The van der Waals surface area contributed by atoms with Gasteiger partial charge in [0.1, 0.15) is 5.78 Å². The summed E-state index contributed by atoms with van der Waals surface area (Å²) in [5, 5.41) is 0. The van der Waals surface area contributed by atoms with Crippen LogP contribution < -0.4 is 4.90 Å². The van der Waals surface area contributed by atoms with Gasteiger partial charge in [0, 0.05) is 25.2 Å². The Morgan fingerprint density at radius 3 is 2.67 bits per heavy atom. The zero-order valence-electron chi connectivity index (χ0n) is 11.5. The molecule has 98 valence electrons. The predicted molar refractivity (Wildman–Crippen MR) is 76.2 cm³/mol. The van der Waals surface area contributed by atoms with Gasteiger partial charge in [-0.2, -0.15) is 0 Å². The second-order valence-corrected chi connectivity index (χ2v) is 5.38. The molecule has 0 spiro atoms. The molecule has 1 fully saturated rings. The highest BCUT2D eigenvalue weighted by atomic mass is 16.1. The van der Waals surface area contributed by atoms with Gasteiger partial charge in [0.2, 0.25) is 0 Å². The fourth-order valence-corrected chi connectivity index (χ4v) is 2.67. The third kappa shape index (κ3) is 3.34. The largest absolute Gasteiger partial charge is 0.371 e. The Morgan fingerprint density at radius 2 is 2.00 bits per heavy atom. The summed E-state index contributed by atoms with van der Waals surface area (Å²) in [7, 11) is 0. The molecule has 0 atom stereocenters. The van der Waals surface area contributed by atoms with Gasteiger partial charge in [-0.25, -0.2) is 0 Å². The molecule has 0 aromatic heterocycles. The van der Waals surface area contributed by atoms with Crippen molar-refractivity contribution in [2.45, 2.75) is 46.0 Å². The highest BCUT2D eigenvalue weighted by molar-refractivity contribution is 5.75. The molecule has 0 aliphatic carbocycles. The fraction of sp³-hybridized carbons (Fsp3) is 0.562. The van der Waals surface area contributed by atoms with E-state index in [2.05, 4.69) is 30.0 Å². The minimum absolute atomic E-state index is 0.296. The van der Waals surface area contributed by atoms with E-state index in [1.165, 1.54) is 42.7 Å². The van der Waals surface area contributed by atoms with Crippen molar-refractivity contribution in [2.75, 3.05) is 18.0 Å². The molecule has 0 N–H and O–H groups in total. The van der Waals surface area contributed by atoms with Crippen molar-refractivity contribution in [3.8, 4) is 0 Å². The summed E-state index contributed by atoms with van der Waals surface area (Å²) in [5.74, 6) is 0.296. The summed E-state index contributed by atoms with van der Waals surface area (Å²) in [6.45, 7) is 6.20. The van der Waals surface area contributed by atoms with Crippen LogP contribution >= 0.6 is 0 Å². The molecule has 1 aromatic rings. The smallest absolute Gasteiger partial charge is 0.129 e. The number of anilines is 1. The second kappa shape index (κ2) is 6.03. The van der Waals surface area contributed by atoms with Crippen LogP contribution in [-0.4, -0.2) is 18.9 Å². The quantitative estimate of drug-likeness (QED) is 0.791. The lowest BCUT2D eigenvalue weighted by atomic mass is 10.0. The number of Topliss-reactive ketones (excluding diaryl/α,β-unsaturated/α-hetero) is 1. The average Bonchev–Trinajstić information content (AvgIpc) is 2.84. The van der Waals surface area contributed by atoms with Crippen LogP contribution in [0, 0.1) is 6.92 Å². The van der Waals surface area contributed by atoms with Crippen LogP contribution in [-0.2, 0) is 11.2 Å². The Kier molecular flexibility index (Phi) is 4.40. The highest BCUT2D eigenvalue weighted by Gasteiger charge is 2.15. The van der Waals surface area contributed by atoms with Crippen LogP contribution in [0.1, 0.15) is 43.7 Å². The third-order valence-corrected chi connectivity index (χ3v) is 3.66. The van der Waals surface area contributed by atoms with Crippen LogP contribution in [0.15, 0.2) is 18.2 Å². The van der Waals surface area contributed by atoms with E-state index in [9.17, 15) is 4.79 Å². The van der Waals surface area contributed by atoms with Gasteiger partial charge >= 0.3 is 0 Å². The SMILES string of the molecule is CC(=O)CCCc1ccc(C)cc1N1CCCC1. The van der Waals surface area contributed by atoms with Gasteiger partial charge in [-0.05, 0) is 56.7 Å². The lowest BCUT2D eigenvalue weighted by Gasteiger charge is -2.22. The number of nitrogens with zero attached hydrogens (tertiary/aromatic N) is 1. The molecule has 1 aliphatic heterocycles. The molecule has 2 rings (SSSR count). The van der Waals surface area contributed by atoms with E-state index in [1.807, 2.05) is 0 Å². The van der Waals surface area contributed by atoms with Gasteiger partial charge in [0.05, 0.1) is 0 Å².